The van der Waals surface area contributed by atoms with Gasteiger partial charge >= 0.3 is 0 Å². The van der Waals surface area contributed by atoms with Crippen molar-refractivity contribution < 1.29 is 4.52 Å². The van der Waals surface area contributed by atoms with E-state index in [0.717, 1.165) is 74.7 Å². The SMILES string of the molecule is C=C1c2cccnc2CCN1CCN1CCN(c2noc3ccccc23)CC1. The van der Waals surface area contributed by atoms with Gasteiger partial charge in [-0.1, -0.05) is 23.9 Å². The first-order valence-electron chi connectivity index (χ1n) is 9.99. The molecule has 0 aliphatic carbocycles. The van der Waals surface area contributed by atoms with Crippen LogP contribution in [0.15, 0.2) is 53.7 Å². The number of hydrogen-bond donors (Lipinski definition) is 0. The summed E-state index contributed by atoms with van der Waals surface area (Å²) in [5.41, 5.74) is 4.36. The molecule has 1 aromatic carbocycles. The molecule has 0 bridgehead atoms. The topological polar surface area (TPSA) is 48.6 Å². The molecule has 0 saturated carbocycles. The van der Waals surface area contributed by atoms with Crippen LogP contribution in [-0.4, -0.2) is 65.8 Å². The average molecular weight is 375 g/mol. The molecule has 1 fully saturated rings. The Kier molecular flexibility index (Phi) is 4.49. The molecule has 0 unspecified atom stereocenters. The number of rotatable bonds is 4. The lowest BCUT2D eigenvalue weighted by Gasteiger charge is -2.37. The van der Waals surface area contributed by atoms with Crippen LogP contribution in [0.25, 0.3) is 16.7 Å². The molecule has 0 radical (unpaired) electrons. The molecule has 0 amide bonds. The quantitative estimate of drug-likeness (QED) is 0.699. The third kappa shape index (κ3) is 3.14. The maximum atomic E-state index is 5.47. The van der Waals surface area contributed by atoms with Crippen LogP contribution in [0.2, 0.25) is 0 Å². The fraction of sp³-hybridized carbons (Fsp3) is 0.364. The van der Waals surface area contributed by atoms with Gasteiger partial charge in [-0.15, -0.1) is 0 Å². The summed E-state index contributed by atoms with van der Waals surface area (Å²) in [4.78, 5) is 11.8. The van der Waals surface area contributed by atoms with Crippen molar-refractivity contribution in [1.82, 2.24) is 19.9 Å². The molecule has 3 aromatic rings. The molecule has 0 N–H and O–H groups in total. The highest BCUT2D eigenvalue weighted by atomic mass is 16.5. The van der Waals surface area contributed by atoms with Gasteiger partial charge in [0, 0.05) is 69.7 Å². The van der Waals surface area contributed by atoms with Gasteiger partial charge in [0.25, 0.3) is 0 Å². The Bertz CT molecular complexity index is 989. The van der Waals surface area contributed by atoms with E-state index in [-0.39, 0.29) is 0 Å². The number of piperazine rings is 1. The zero-order valence-electron chi connectivity index (χ0n) is 16.0. The molecule has 6 heteroatoms. The van der Waals surface area contributed by atoms with Gasteiger partial charge in [0.1, 0.15) is 0 Å². The summed E-state index contributed by atoms with van der Waals surface area (Å²) in [7, 11) is 0. The predicted octanol–water partition coefficient (Wildman–Crippen LogP) is 2.87. The van der Waals surface area contributed by atoms with Gasteiger partial charge in [-0.2, -0.15) is 0 Å². The highest BCUT2D eigenvalue weighted by Crippen LogP contribution is 2.27. The molecule has 6 nitrogen and oxygen atoms in total. The Morgan fingerprint density at radius 1 is 0.964 bits per heavy atom. The molecule has 2 aliphatic heterocycles. The zero-order chi connectivity index (χ0) is 18.9. The van der Waals surface area contributed by atoms with Gasteiger partial charge in [0.05, 0.1) is 11.1 Å². The standard InChI is InChI=1S/C22H25N5O/c1-17-18-6-4-9-23-20(18)8-10-26(17)14-11-25-12-15-27(16-13-25)22-19-5-2-3-7-21(19)28-24-22/h2-7,9H,1,8,10-16H2. The Balaban J connectivity index is 1.17. The van der Waals surface area contributed by atoms with Crippen LogP contribution >= 0.6 is 0 Å². The van der Waals surface area contributed by atoms with E-state index in [1.807, 2.05) is 30.5 Å². The molecule has 5 rings (SSSR count). The van der Waals surface area contributed by atoms with E-state index >= 15 is 0 Å². The van der Waals surface area contributed by atoms with Gasteiger partial charge < -0.3 is 14.3 Å². The lowest BCUT2D eigenvalue weighted by Crippen LogP contribution is -2.48. The van der Waals surface area contributed by atoms with E-state index in [9.17, 15) is 0 Å². The normalized spacial score (nSPS) is 17.9. The summed E-state index contributed by atoms with van der Waals surface area (Å²) >= 11 is 0. The summed E-state index contributed by atoms with van der Waals surface area (Å²) in [6.07, 6.45) is 2.88. The van der Waals surface area contributed by atoms with Crippen LogP contribution in [0.5, 0.6) is 0 Å². The van der Waals surface area contributed by atoms with Gasteiger partial charge in [-0.05, 0) is 24.3 Å². The zero-order valence-corrected chi connectivity index (χ0v) is 16.0. The molecule has 2 aromatic heterocycles. The van der Waals surface area contributed by atoms with Gasteiger partial charge in [-0.25, -0.2) is 0 Å². The number of benzene rings is 1. The fourth-order valence-corrected chi connectivity index (χ4v) is 4.24. The maximum absolute atomic E-state index is 5.47. The number of para-hydroxylation sites is 1. The van der Waals surface area contributed by atoms with Crippen LogP contribution in [0.4, 0.5) is 5.82 Å². The van der Waals surface area contributed by atoms with E-state index < -0.39 is 0 Å². The maximum Gasteiger partial charge on any atom is 0.180 e. The van der Waals surface area contributed by atoms with Crippen LogP contribution in [0, 0.1) is 0 Å². The minimum atomic E-state index is 0.860. The van der Waals surface area contributed by atoms with Crippen molar-refractivity contribution in [1.29, 1.82) is 0 Å². The van der Waals surface area contributed by atoms with Gasteiger partial charge in [-0.3, -0.25) is 9.88 Å². The third-order valence-electron chi connectivity index (χ3n) is 5.92. The molecular weight excluding hydrogens is 350 g/mol. The van der Waals surface area contributed by atoms with Crippen LogP contribution in [0.3, 0.4) is 0 Å². The lowest BCUT2D eigenvalue weighted by molar-refractivity contribution is 0.228. The lowest BCUT2D eigenvalue weighted by atomic mass is 10.0. The van der Waals surface area contributed by atoms with Crippen LogP contribution in [-0.2, 0) is 6.42 Å². The first kappa shape index (κ1) is 17.3. The summed E-state index contributed by atoms with van der Waals surface area (Å²) in [6, 6.07) is 12.2. The molecule has 28 heavy (non-hydrogen) atoms. The van der Waals surface area contributed by atoms with Crippen molar-refractivity contribution in [2.75, 3.05) is 50.7 Å². The summed E-state index contributed by atoms with van der Waals surface area (Å²) in [5, 5.41) is 5.41. The van der Waals surface area contributed by atoms with Gasteiger partial charge in [0.15, 0.2) is 11.4 Å². The fourth-order valence-electron chi connectivity index (χ4n) is 4.24. The number of anilines is 1. The summed E-state index contributed by atoms with van der Waals surface area (Å²) in [6.45, 7) is 11.4. The molecule has 0 atom stereocenters. The third-order valence-corrected chi connectivity index (χ3v) is 5.92. The Hall–Kier alpha value is -2.86. The Labute approximate surface area is 165 Å². The van der Waals surface area contributed by atoms with E-state index in [2.05, 4.69) is 43.6 Å². The molecule has 0 spiro atoms. The van der Waals surface area contributed by atoms with E-state index in [0.29, 0.717) is 0 Å². The van der Waals surface area contributed by atoms with Crippen molar-refractivity contribution >= 4 is 22.5 Å². The van der Waals surface area contributed by atoms with E-state index in [4.69, 9.17) is 4.52 Å². The number of nitrogens with zero attached hydrogens (tertiary/aromatic N) is 5. The van der Waals surface area contributed by atoms with Crippen molar-refractivity contribution in [2.24, 2.45) is 0 Å². The highest BCUT2D eigenvalue weighted by Gasteiger charge is 2.24. The van der Waals surface area contributed by atoms with Crippen molar-refractivity contribution in [2.45, 2.75) is 6.42 Å². The molecular formula is C22H25N5O. The van der Waals surface area contributed by atoms with Crippen molar-refractivity contribution in [3.63, 3.8) is 0 Å². The van der Waals surface area contributed by atoms with Crippen LogP contribution in [0.1, 0.15) is 11.3 Å². The average Bonchev–Trinajstić information content (AvgIpc) is 3.18. The summed E-state index contributed by atoms with van der Waals surface area (Å²) in [5.74, 6) is 0.976. The number of aromatic nitrogens is 2. The molecule has 1 saturated heterocycles. The predicted molar refractivity (Wildman–Crippen MR) is 111 cm³/mol. The number of fused-ring (bicyclic) bond motifs is 2. The first-order chi connectivity index (χ1) is 13.8. The number of hydrogen-bond acceptors (Lipinski definition) is 6. The second-order valence-corrected chi connectivity index (χ2v) is 7.51. The Morgan fingerprint density at radius 3 is 2.71 bits per heavy atom. The smallest absolute Gasteiger partial charge is 0.180 e. The second kappa shape index (κ2) is 7.28. The Morgan fingerprint density at radius 2 is 1.82 bits per heavy atom. The van der Waals surface area contributed by atoms with Crippen molar-refractivity contribution in [3.05, 3.63) is 60.4 Å². The largest absolute Gasteiger partial charge is 0.370 e. The van der Waals surface area contributed by atoms with Gasteiger partial charge in [0.2, 0.25) is 0 Å². The molecule has 4 heterocycles. The van der Waals surface area contributed by atoms with Crippen LogP contribution < -0.4 is 4.90 Å². The second-order valence-electron chi connectivity index (χ2n) is 7.51. The summed E-state index contributed by atoms with van der Waals surface area (Å²) < 4.78 is 5.47. The van der Waals surface area contributed by atoms with Crippen molar-refractivity contribution in [3.8, 4) is 0 Å². The monoisotopic (exact) mass is 375 g/mol. The highest BCUT2D eigenvalue weighted by molar-refractivity contribution is 5.88. The minimum absolute atomic E-state index is 0.860. The molecule has 144 valence electrons. The number of pyridine rings is 1. The van der Waals surface area contributed by atoms with E-state index in [1.165, 1.54) is 11.3 Å². The molecule has 2 aliphatic rings. The first-order valence-corrected chi connectivity index (χ1v) is 9.99. The minimum Gasteiger partial charge on any atom is -0.370 e. The van der Waals surface area contributed by atoms with E-state index in [1.54, 1.807) is 0 Å².